The Morgan fingerprint density at radius 3 is 2.83 bits per heavy atom. The summed E-state index contributed by atoms with van der Waals surface area (Å²) in [6.45, 7) is 1.99. The molecule has 0 spiro atoms. The van der Waals surface area contributed by atoms with Gasteiger partial charge in [0.1, 0.15) is 5.69 Å². The lowest BCUT2D eigenvalue weighted by atomic mass is 10.1. The van der Waals surface area contributed by atoms with Gasteiger partial charge in [-0.3, -0.25) is 9.97 Å². The highest BCUT2D eigenvalue weighted by Gasteiger charge is 2.15. The molecule has 0 unspecified atom stereocenters. The molecule has 0 saturated heterocycles. The second kappa shape index (κ2) is 6.92. The number of hydrogen-bond donors (Lipinski definition) is 0. The van der Waals surface area contributed by atoms with E-state index in [0.29, 0.717) is 17.7 Å². The van der Waals surface area contributed by atoms with Gasteiger partial charge in [0.2, 0.25) is 0 Å². The largest absolute Gasteiger partial charge is 0.492 e. The summed E-state index contributed by atoms with van der Waals surface area (Å²) in [5, 5.41) is 8.40. The first kappa shape index (κ1) is 16.3. The van der Waals surface area contributed by atoms with Crippen LogP contribution in [0.1, 0.15) is 18.7 Å². The predicted molar refractivity (Wildman–Crippen MR) is 87.4 cm³/mol. The minimum atomic E-state index is -0.540. The highest BCUT2D eigenvalue weighted by molar-refractivity contribution is 6.32. The molecule has 0 aliphatic rings. The quantitative estimate of drug-likeness (QED) is 0.708. The molecule has 0 fully saturated rings. The van der Waals surface area contributed by atoms with E-state index >= 15 is 0 Å². The molecule has 0 aliphatic carbocycles. The van der Waals surface area contributed by atoms with Crippen LogP contribution in [0.15, 0.2) is 36.9 Å². The van der Waals surface area contributed by atoms with Gasteiger partial charge < -0.3 is 4.74 Å². The molecule has 0 N–H and O–H groups in total. The fourth-order valence-corrected chi connectivity index (χ4v) is 2.64. The highest BCUT2D eigenvalue weighted by Crippen LogP contribution is 2.32. The molecule has 2 heterocycles. The third kappa shape index (κ3) is 3.35. The summed E-state index contributed by atoms with van der Waals surface area (Å²) in [6, 6.07) is 2.96. The zero-order chi connectivity index (χ0) is 17.1. The topological polar surface area (TPSA) is 65.7 Å². The average molecular weight is 348 g/mol. The Hall–Kier alpha value is -2.54. The Morgan fingerprint density at radius 1 is 1.33 bits per heavy atom. The number of nitrogens with zero attached hydrogens (tertiary/aromatic N) is 5. The number of aromatic nitrogens is 5. The van der Waals surface area contributed by atoms with Gasteiger partial charge in [-0.15, -0.1) is 5.10 Å². The monoisotopic (exact) mass is 347 g/mol. The molecule has 3 aromatic rings. The standard InChI is InChI=1S/C16H15ClFN5O/c1-10(5-12-8-19-3-4-20-12)23-9-15(21-22-23)11-6-13(17)16(24-2)14(18)7-11/h3-4,6-10H,5H2,1-2H3/t10-/m1/s1. The molecule has 0 bridgehead atoms. The van der Waals surface area contributed by atoms with Crippen LogP contribution in [0.2, 0.25) is 5.02 Å². The van der Waals surface area contributed by atoms with Crippen LogP contribution >= 0.6 is 11.6 Å². The molecule has 3 rings (SSSR count). The summed E-state index contributed by atoms with van der Waals surface area (Å²) < 4.78 is 20.6. The molecule has 0 aliphatic heterocycles. The lowest BCUT2D eigenvalue weighted by Crippen LogP contribution is -2.10. The maximum absolute atomic E-state index is 14.0. The Morgan fingerprint density at radius 2 is 2.17 bits per heavy atom. The summed E-state index contributed by atoms with van der Waals surface area (Å²) >= 11 is 6.03. The zero-order valence-corrected chi connectivity index (χ0v) is 13.9. The van der Waals surface area contributed by atoms with Crippen LogP contribution in [0, 0.1) is 5.82 Å². The van der Waals surface area contributed by atoms with Gasteiger partial charge in [-0.2, -0.15) is 0 Å². The summed E-state index contributed by atoms with van der Waals surface area (Å²) in [5.41, 5.74) is 1.93. The van der Waals surface area contributed by atoms with E-state index in [1.807, 2.05) is 6.92 Å². The van der Waals surface area contributed by atoms with Crippen molar-refractivity contribution in [2.45, 2.75) is 19.4 Å². The number of ether oxygens (including phenoxy) is 1. The van der Waals surface area contributed by atoms with Crippen molar-refractivity contribution >= 4 is 11.6 Å². The van der Waals surface area contributed by atoms with Crippen molar-refractivity contribution in [1.29, 1.82) is 0 Å². The molecule has 24 heavy (non-hydrogen) atoms. The Labute approximate surface area is 143 Å². The molecule has 0 radical (unpaired) electrons. The SMILES string of the molecule is COc1c(F)cc(-c2cn([C@H](C)Cc3cnccn3)nn2)cc1Cl. The van der Waals surface area contributed by atoms with Gasteiger partial charge in [0.25, 0.3) is 0 Å². The van der Waals surface area contributed by atoms with Gasteiger partial charge in [-0.05, 0) is 19.1 Å². The maximum Gasteiger partial charge on any atom is 0.173 e. The molecule has 6 nitrogen and oxygen atoms in total. The van der Waals surface area contributed by atoms with Crippen molar-refractivity contribution in [3.63, 3.8) is 0 Å². The van der Waals surface area contributed by atoms with Crippen molar-refractivity contribution < 1.29 is 9.13 Å². The second-order valence-corrected chi connectivity index (χ2v) is 5.71. The number of benzene rings is 1. The lowest BCUT2D eigenvalue weighted by molar-refractivity contribution is 0.387. The highest BCUT2D eigenvalue weighted by atomic mass is 35.5. The van der Waals surface area contributed by atoms with E-state index in [-0.39, 0.29) is 16.8 Å². The smallest absolute Gasteiger partial charge is 0.173 e. The van der Waals surface area contributed by atoms with Gasteiger partial charge in [-0.1, -0.05) is 16.8 Å². The number of rotatable bonds is 5. The number of hydrogen-bond acceptors (Lipinski definition) is 5. The third-order valence-electron chi connectivity index (χ3n) is 3.58. The van der Waals surface area contributed by atoms with E-state index in [2.05, 4.69) is 20.3 Å². The van der Waals surface area contributed by atoms with Gasteiger partial charge >= 0.3 is 0 Å². The fraction of sp³-hybridized carbons (Fsp3) is 0.250. The average Bonchev–Trinajstić information content (AvgIpc) is 3.05. The van der Waals surface area contributed by atoms with E-state index < -0.39 is 5.82 Å². The molecule has 0 saturated carbocycles. The molecule has 2 aromatic heterocycles. The maximum atomic E-state index is 14.0. The van der Waals surface area contributed by atoms with Gasteiger partial charge in [0.15, 0.2) is 11.6 Å². The van der Waals surface area contributed by atoms with E-state index in [1.54, 1.807) is 35.5 Å². The summed E-state index contributed by atoms with van der Waals surface area (Å²) in [4.78, 5) is 8.29. The Bertz CT molecular complexity index is 816. The molecule has 8 heteroatoms. The summed E-state index contributed by atoms with van der Waals surface area (Å²) in [5.74, 6) is -0.522. The molecule has 0 amide bonds. The molecule has 124 valence electrons. The van der Waals surface area contributed by atoms with Crippen molar-refractivity contribution in [2.24, 2.45) is 0 Å². The number of methoxy groups -OCH3 is 1. The molecular formula is C16H15ClFN5O. The minimum absolute atomic E-state index is 0.0174. The van der Waals surface area contributed by atoms with Crippen LogP contribution in [0.3, 0.4) is 0 Å². The van der Waals surface area contributed by atoms with E-state index in [0.717, 1.165) is 5.69 Å². The zero-order valence-electron chi connectivity index (χ0n) is 13.1. The van der Waals surface area contributed by atoms with Gasteiger partial charge in [0, 0.05) is 30.6 Å². The Kier molecular flexibility index (Phi) is 4.71. The van der Waals surface area contributed by atoms with Crippen LogP contribution in [0.4, 0.5) is 4.39 Å². The first-order chi connectivity index (χ1) is 11.6. The fourth-order valence-electron chi connectivity index (χ4n) is 2.36. The van der Waals surface area contributed by atoms with Crippen molar-refractivity contribution in [3.8, 4) is 17.0 Å². The summed E-state index contributed by atoms with van der Waals surface area (Å²) in [7, 11) is 1.37. The van der Waals surface area contributed by atoms with Crippen molar-refractivity contribution in [3.05, 3.63) is 53.5 Å². The van der Waals surface area contributed by atoms with Gasteiger partial charge in [0.05, 0.1) is 30.1 Å². The van der Waals surface area contributed by atoms with Crippen LogP contribution in [0.25, 0.3) is 11.3 Å². The van der Waals surface area contributed by atoms with E-state index in [4.69, 9.17) is 16.3 Å². The van der Waals surface area contributed by atoms with Crippen LogP contribution < -0.4 is 4.74 Å². The first-order valence-electron chi connectivity index (χ1n) is 7.28. The lowest BCUT2D eigenvalue weighted by Gasteiger charge is -2.10. The molecular weight excluding hydrogens is 333 g/mol. The normalized spacial score (nSPS) is 12.2. The molecule has 1 aromatic carbocycles. The van der Waals surface area contributed by atoms with Crippen LogP contribution in [0.5, 0.6) is 5.75 Å². The first-order valence-corrected chi connectivity index (χ1v) is 7.66. The number of halogens is 2. The van der Waals surface area contributed by atoms with Gasteiger partial charge in [-0.25, -0.2) is 9.07 Å². The molecule has 1 atom stereocenters. The minimum Gasteiger partial charge on any atom is -0.492 e. The Balaban J connectivity index is 1.83. The van der Waals surface area contributed by atoms with E-state index in [1.165, 1.54) is 13.2 Å². The van der Waals surface area contributed by atoms with Crippen molar-refractivity contribution in [1.82, 2.24) is 25.0 Å². The predicted octanol–water partition coefficient (Wildman–Crippen LogP) is 3.34. The summed E-state index contributed by atoms with van der Waals surface area (Å²) in [6.07, 6.45) is 7.40. The second-order valence-electron chi connectivity index (χ2n) is 5.31. The van der Waals surface area contributed by atoms with Crippen LogP contribution in [-0.4, -0.2) is 32.1 Å². The van der Waals surface area contributed by atoms with Crippen LogP contribution in [-0.2, 0) is 6.42 Å². The third-order valence-corrected chi connectivity index (χ3v) is 3.86. The van der Waals surface area contributed by atoms with Crippen molar-refractivity contribution in [2.75, 3.05) is 7.11 Å². The van der Waals surface area contributed by atoms with E-state index in [9.17, 15) is 4.39 Å².